The van der Waals surface area contributed by atoms with Gasteiger partial charge in [-0.2, -0.15) is 0 Å². The minimum atomic E-state index is -3.38. The zero-order valence-electron chi connectivity index (χ0n) is 13.4. The minimum absolute atomic E-state index is 0.0126. The van der Waals surface area contributed by atoms with Crippen molar-refractivity contribution in [3.63, 3.8) is 0 Å². The molecular weight excluding hydrogens is 294 g/mol. The van der Waals surface area contributed by atoms with E-state index < -0.39 is 10.0 Å². The van der Waals surface area contributed by atoms with Crippen molar-refractivity contribution in [2.45, 2.75) is 26.0 Å². The lowest BCUT2D eigenvalue weighted by Gasteiger charge is -2.20. The minimum Gasteiger partial charge on any atom is -0.273 e. The van der Waals surface area contributed by atoms with Gasteiger partial charge in [0.1, 0.15) is 0 Å². The normalized spacial score (nSPS) is 11.6. The first-order valence-electron chi connectivity index (χ1n) is 7.48. The highest BCUT2D eigenvalue weighted by molar-refractivity contribution is 7.92. The molecule has 0 fully saturated rings. The number of benzene rings is 2. The molecule has 0 radical (unpaired) electrons. The van der Waals surface area contributed by atoms with Crippen LogP contribution in [0.15, 0.2) is 54.6 Å². The SMILES string of the molecule is CC(C)Cc1cccc(N(C)S(=O)(=O)Cc2ccccc2)c1. The average Bonchev–Trinajstić information content (AvgIpc) is 2.46. The smallest absolute Gasteiger partial charge is 0.239 e. The molecule has 0 amide bonds. The summed E-state index contributed by atoms with van der Waals surface area (Å²) in [5.74, 6) is 0.556. The molecule has 118 valence electrons. The molecule has 2 rings (SSSR count). The molecule has 0 atom stereocenters. The summed E-state index contributed by atoms with van der Waals surface area (Å²) < 4.78 is 26.5. The van der Waals surface area contributed by atoms with E-state index in [0.29, 0.717) is 11.6 Å². The summed E-state index contributed by atoms with van der Waals surface area (Å²) >= 11 is 0. The lowest BCUT2D eigenvalue weighted by Crippen LogP contribution is -2.28. The molecule has 0 spiro atoms. The molecule has 0 heterocycles. The molecular formula is C18H23NO2S. The Morgan fingerprint density at radius 3 is 2.23 bits per heavy atom. The molecule has 4 heteroatoms. The van der Waals surface area contributed by atoms with Crippen LogP contribution in [0.4, 0.5) is 5.69 Å². The van der Waals surface area contributed by atoms with Crippen LogP contribution in [-0.4, -0.2) is 15.5 Å². The fourth-order valence-electron chi connectivity index (χ4n) is 2.39. The number of sulfonamides is 1. The van der Waals surface area contributed by atoms with E-state index in [2.05, 4.69) is 13.8 Å². The van der Waals surface area contributed by atoms with E-state index in [-0.39, 0.29) is 5.75 Å². The highest BCUT2D eigenvalue weighted by Crippen LogP contribution is 2.21. The Kier molecular flexibility index (Phi) is 5.24. The van der Waals surface area contributed by atoms with Gasteiger partial charge in [0.25, 0.3) is 0 Å². The highest BCUT2D eigenvalue weighted by Gasteiger charge is 2.19. The second-order valence-corrected chi connectivity index (χ2v) is 7.98. The average molecular weight is 317 g/mol. The van der Waals surface area contributed by atoms with E-state index in [1.807, 2.05) is 54.6 Å². The fraction of sp³-hybridized carbons (Fsp3) is 0.333. The predicted molar refractivity (Wildman–Crippen MR) is 92.5 cm³/mol. The quantitative estimate of drug-likeness (QED) is 0.811. The number of nitrogens with zero attached hydrogens (tertiary/aromatic N) is 1. The topological polar surface area (TPSA) is 37.4 Å². The third-order valence-corrected chi connectivity index (χ3v) is 5.27. The number of rotatable bonds is 6. The molecule has 2 aromatic rings. The Balaban J connectivity index is 2.21. The molecule has 0 aromatic heterocycles. The van der Waals surface area contributed by atoms with Crippen molar-refractivity contribution >= 4 is 15.7 Å². The zero-order valence-corrected chi connectivity index (χ0v) is 14.2. The van der Waals surface area contributed by atoms with Crippen LogP contribution in [0.1, 0.15) is 25.0 Å². The van der Waals surface area contributed by atoms with Crippen LogP contribution < -0.4 is 4.31 Å². The molecule has 0 aliphatic rings. The van der Waals surface area contributed by atoms with Crippen LogP contribution in [0, 0.1) is 5.92 Å². The van der Waals surface area contributed by atoms with E-state index in [1.165, 1.54) is 4.31 Å². The second-order valence-electron chi connectivity index (χ2n) is 5.98. The molecule has 0 saturated carbocycles. The van der Waals surface area contributed by atoms with Gasteiger partial charge in [-0.3, -0.25) is 4.31 Å². The molecule has 0 unspecified atom stereocenters. The van der Waals surface area contributed by atoms with Crippen molar-refractivity contribution in [3.05, 3.63) is 65.7 Å². The summed E-state index contributed by atoms with van der Waals surface area (Å²) in [6.07, 6.45) is 0.945. The van der Waals surface area contributed by atoms with Gasteiger partial charge < -0.3 is 0 Å². The summed E-state index contributed by atoms with van der Waals surface area (Å²) in [7, 11) is -1.76. The highest BCUT2D eigenvalue weighted by atomic mass is 32.2. The second kappa shape index (κ2) is 6.97. The van der Waals surface area contributed by atoms with Gasteiger partial charge in [-0.15, -0.1) is 0 Å². The number of hydrogen-bond donors (Lipinski definition) is 0. The molecule has 0 saturated heterocycles. The fourth-order valence-corrected chi connectivity index (χ4v) is 3.64. The van der Waals surface area contributed by atoms with Crippen molar-refractivity contribution < 1.29 is 8.42 Å². The van der Waals surface area contributed by atoms with Gasteiger partial charge in [-0.25, -0.2) is 8.42 Å². The first kappa shape index (κ1) is 16.6. The van der Waals surface area contributed by atoms with E-state index in [1.54, 1.807) is 7.05 Å². The first-order valence-corrected chi connectivity index (χ1v) is 9.09. The van der Waals surface area contributed by atoms with Crippen molar-refractivity contribution in [1.82, 2.24) is 0 Å². The van der Waals surface area contributed by atoms with Crippen molar-refractivity contribution in [3.8, 4) is 0 Å². The van der Waals surface area contributed by atoms with E-state index in [4.69, 9.17) is 0 Å². The Hall–Kier alpha value is -1.81. The van der Waals surface area contributed by atoms with Gasteiger partial charge in [-0.05, 0) is 35.6 Å². The lowest BCUT2D eigenvalue weighted by molar-refractivity contribution is 0.593. The van der Waals surface area contributed by atoms with Crippen LogP contribution in [0.5, 0.6) is 0 Å². The van der Waals surface area contributed by atoms with Crippen LogP contribution in [0.2, 0.25) is 0 Å². The van der Waals surface area contributed by atoms with Crippen LogP contribution >= 0.6 is 0 Å². The molecule has 2 aromatic carbocycles. The molecule has 0 aliphatic heterocycles. The van der Waals surface area contributed by atoms with Gasteiger partial charge in [0.2, 0.25) is 10.0 Å². The van der Waals surface area contributed by atoms with Gasteiger partial charge in [0.05, 0.1) is 11.4 Å². The van der Waals surface area contributed by atoms with Crippen molar-refractivity contribution in [2.75, 3.05) is 11.4 Å². The van der Waals surface area contributed by atoms with Gasteiger partial charge in [0, 0.05) is 7.05 Å². The molecule has 0 bridgehead atoms. The third kappa shape index (κ3) is 4.34. The summed E-state index contributed by atoms with van der Waals surface area (Å²) in [6, 6.07) is 17.0. The maximum atomic E-state index is 12.6. The Morgan fingerprint density at radius 2 is 1.59 bits per heavy atom. The summed E-state index contributed by atoms with van der Waals surface area (Å²) in [5.41, 5.74) is 2.68. The van der Waals surface area contributed by atoms with Crippen LogP contribution in [0.3, 0.4) is 0 Å². The maximum Gasteiger partial charge on any atom is 0.239 e. The molecule has 0 aliphatic carbocycles. The Labute approximate surface area is 133 Å². The first-order chi connectivity index (χ1) is 10.4. The van der Waals surface area contributed by atoms with E-state index in [9.17, 15) is 8.42 Å². The summed E-state index contributed by atoms with van der Waals surface area (Å²) in [6.45, 7) is 4.31. The monoisotopic (exact) mass is 317 g/mol. The van der Waals surface area contributed by atoms with Gasteiger partial charge in [-0.1, -0.05) is 56.3 Å². The van der Waals surface area contributed by atoms with Gasteiger partial charge in [0.15, 0.2) is 0 Å². The maximum absolute atomic E-state index is 12.6. The third-order valence-electron chi connectivity index (χ3n) is 3.53. The van der Waals surface area contributed by atoms with Gasteiger partial charge >= 0.3 is 0 Å². The predicted octanol–water partition coefficient (Wildman–Crippen LogP) is 3.85. The van der Waals surface area contributed by atoms with Crippen LogP contribution in [-0.2, 0) is 22.2 Å². The Morgan fingerprint density at radius 1 is 0.955 bits per heavy atom. The largest absolute Gasteiger partial charge is 0.273 e. The Bertz CT molecular complexity index is 709. The molecule has 22 heavy (non-hydrogen) atoms. The summed E-state index contributed by atoms with van der Waals surface area (Å²) in [4.78, 5) is 0. The number of anilines is 1. The zero-order chi connectivity index (χ0) is 16.2. The standard InChI is InChI=1S/C18H23NO2S/c1-15(2)12-17-10-7-11-18(13-17)19(3)22(20,21)14-16-8-5-4-6-9-16/h4-11,13,15H,12,14H2,1-3H3. The van der Waals surface area contributed by atoms with Crippen molar-refractivity contribution in [2.24, 2.45) is 5.92 Å². The molecule has 3 nitrogen and oxygen atoms in total. The summed E-state index contributed by atoms with van der Waals surface area (Å²) in [5, 5.41) is 0. The van der Waals surface area contributed by atoms with E-state index in [0.717, 1.165) is 17.5 Å². The molecule has 0 N–H and O–H groups in total. The van der Waals surface area contributed by atoms with E-state index >= 15 is 0 Å². The lowest BCUT2D eigenvalue weighted by atomic mass is 10.0. The van der Waals surface area contributed by atoms with Crippen LogP contribution in [0.25, 0.3) is 0 Å². The van der Waals surface area contributed by atoms with Crippen molar-refractivity contribution in [1.29, 1.82) is 0 Å². The number of hydrogen-bond acceptors (Lipinski definition) is 2.